The van der Waals surface area contributed by atoms with Crippen LogP contribution in [0.15, 0.2) is 30.3 Å². The van der Waals surface area contributed by atoms with E-state index in [0.717, 1.165) is 24.0 Å². The molecular formula is C31H40FN5O6. The fraction of sp³-hybridized carbons (Fsp3) is 0.581. The van der Waals surface area contributed by atoms with Crippen LogP contribution in [0.3, 0.4) is 0 Å². The van der Waals surface area contributed by atoms with E-state index in [1.54, 1.807) is 17.0 Å². The molecular weight excluding hydrogens is 557 g/mol. The number of morpholine rings is 1. The Labute approximate surface area is 250 Å². The molecule has 3 saturated heterocycles. The number of aliphatic hydroxyl groups excluding tert-OH is 1. The number of anilines is 1. The first kappa shape index (κ1) is 29.7. The minimum atomic E-state index is -0.941. The number of halogens is 1. The van der Waals surface area contributed by atoms with Crippen molar-refractivity contribution >= 4 is 17.7 Å². The molecule has 11 nitrogen and oxygen atoms in total. The van der Waals surface area contributed by atoms with Gasteiger partial charge in [0.15, 0.2) is 0 Å². The van der Waals surface area contributed by atoms with E-state index < -0.39 is 6.09 Å². The Kier molecular flexibility index (Phi) is 8.54. The molecule has 232 valence electrons. The number of piperazine rings is 1. The van der Waals surface area contributed by atoms with Crippen LogP contribution < -0.4 is 9.64 Å². The molecule has 12 heteroatoms. The molecule has 4 aliphatic rings. The van der Waals surface area contributed by atoms with E-state index in [4.69, 9.17) is 9.47 Å². The largest absolute Gasteiger partial charge is 0.474 e. The topological polar surface area (TPSA) is 119 Å². The fourth-order valence-corrected chi connectivity index (χ4v) is 7.09. The number of hydrogen-bond acceptors (Lipinski definition) is 8. The van der Waals surface area contributed by atoms with Gasteiger partial charge in [-0.1, -0.05) is 12.1 Å². The third-order valence-electron chi connectivity index (χ3n) is 9.38. The number of rotatable bonds is 7. The number of aliphatic hydroxyl groups is 1. The van der Waals surface area contributed by atoms with Crippen LogP contribution in [0.2, 0.25) is 0 Å². The molecule has 0 saturated carbocycles. The third-order valence-corrected chi connectivity index (χ3v) is 9.38. The lowest BCUT2D eigenvalue weighted by atomic mass is 10.0. The van der Waals surface area contributed by atoms with Gasteiger partial charge in [-0.25, -0.2) is 14.2 Å². The molecule has 5 atom stereocenters. The van der Waals surface area contributed by atoms with Crippen molar-refractivity contribution in [1.82, 2.24) is 19.7 Å². The predicted molar refractivity (Wildman–Crippen MR) is 156 cm³/mol. The highest BCUT2D eigenvalue weighted by Gasteiger charge is 2.43. The van der Waals surface area contributed by atoms with Crippen LogP contribution in [0.4, 0.5) is 14.9 Å². The van der Waals surface area contributed by atoms with E-state index >= 15 is 0 Å². The van der Waals surface area contributed by atoms with Crippen LogP contribution >= 0.6 is 0 Å². The van der Waals surface area contributed by atoms with Gasteiger partial charge in [0.05, 0.1) is 38.1 Å². The first-order chi connectivity index (χ1) is 20.7. The fourth-order valence-electron chi connectivity index (χ4n) is 7.09. The Morgan fingerprint density at radius 2 is 1.77 bits per heavy atom. The van der Waals surface area contributed by atoms with Crippen LogP contribution in [-0.4, -0.2) is 118 Å². The highest BCUT2D eigenvalue weighted by molar-refractivity contribution is 5.97. The molecule has 6 rings (SSSR count). The van der Waals surface area contributed by atoms with Crippen LogP contribution in [0.25, 0.3) is 0 Å². The van der Waals surface area contributed by atoms with Crippen LogP contribution in [0.5, 0.6) is 5.88 Å². The predicted octanol–water partition coefficient (Wildman–Crippen LogP) is 2.33. The first-order valence-corrected chi connectivity index (χ1v) is 15.1. The summed E-state index contributed by atoms with van der Waals surface area (Å²) in [5.41, 5.74) is 2.57. The molecule has 4 aliphatic heterocycles. The summed E-state index contributed by atoms with van der Waals surface area (Å²) in [7, 11) is 0. The van der Waals surface area contributed by atoms with Crippen molar-refractivity contribution in [2.45, 2.75) is 69.9 Å². The number of carbonyl (C=O) groups is 2. The summed E-state index contributed by atoms with van der Waals surface area (Å²) in [5, 5.41) is 19.9. The molecule has 3 unspecified atom stereocenters. The lowest BCUT2D eigenvalue weighted by Crippen LogP contribution is -2.64. The summed E-state index contributed by atoms with van der Waals surface area (Å²) in [5.74, 6) is -0.148. The van der Waals surface area contributed by atoms with Crippen LogP contribution in [0, 0.1) is 5.82 Å². The number of pyridine rings is 1. The SMILES string of the molecule is CC1COc2nc(CO)c(Cc3ccc(F)cc3)cc2N1C(=O)CN1C[C@@H](C)N(C(=O)O)C[C@@H]1CN1C2CCC1COC2. The normalized spacial score (nSPS) is 27.6. The van der Waals surface area contributed by atoms with Gasteiger partial charge in [-0.2, -0.15) is 0 Å². The number of amides is 2. The van der Waals surface area contributed by atoms with E-state index in [1.165, 1.54) is 17.0 Å². The lowest BCUT2D eigenvalue weighted by molar-refractivity contribution is -0.122. The number of ether oxygens (including phenoxy) is 2. The van der Waals surface area contributed by atoms with E-state index in [-0.39, 0.29) is 49.6 Å². The number of carboxylic acid groups (broad SMARTS) is 1. The second-order valence-electron chi connectivity index (χ2n) is 12.3. The summed E-state index contributed by atoms with van der Waals surface area (Å²) < 4.78 is 25.2. The lowest BCUT2D eigenvalue weighted by Gasteiger charge is -2.47. The Morgan fingerprint density at radius 1 is 1.05 bits per heavy atom. The van der Waals surface area contributed by atoms with Gasteiger partial charge in [-0.3, -0.25) is 14.6 Å². The number of hydrogen-bond donors (Lipinski definition) is 2. The Morgan fingerprint density at radius 3 is 2.44 bits per heavy atom. The summed E-state index contributed by atoms with van der Waals surface area (Å²) >= 11 is 0. The summed E-state index contributed by atoms with van der Waals surface area (Å²) in [6.45, 7) is 6.74. The quantitative estimate of drug-likeness (QED) is 0.496. The zero-order chi connectivity index (χ0) is 30.2. The number of carbonyl (C=O) groups excluding carboxylic acids is 1. The van der Waals surface area contributed by atoms with Crippen molar-refractivity contribution in [3.05, 3.63) is 53.0 Å². The van der Waals surface area contributed by atoms with Gasteiger partial charge in [-0.05, 0) is 62.4 Å². The minimum Gasteiger partial charge on any atom is -0.474 e. The molecule has 43 heavy (non-hydrogen) atoms. The zero-order valence-electron chi connectivity index (χ0n) is 24.7. The maximum absolute atomic E-state index is 14.1. The molecule has 0 aliphatic carbocycles. The summed E-state index contributed by atoms with van der Waals surface area (Å²) in [6.07, 6.45) is 1.61. The molecule has 2 amide bonds. The van der Waals surface area contributed by atoms with Gasteiger partial charge < -0.3 is 29.5 Å². The minimum absolute atomic E-state index is 0.116. The van der Waals surface area contributed by atoms with Gasteiger partial charge in [0.1, 0.15) is 18.1 Å². The standard InChI is InChI=1S/C31H40FN5O6/c1-19-11-34(26(12-35(19)31(40)41)13-36-24-7-8-25(36)18-42-17-24)14-29(39)37-20(2)16-43-30-28(37)10-22(27(15-38)33-30)9-21-3-5-23(32)6-4-21/h3-6,10,19-20,24-26,38H,7-9,11-18H2,1-2H3,(H,40,41)/t19-,20?,24?,25?,26-/m1/s1. The number of aromatic nitrogens is 1. The van der Waals surface area contributed by atoms with Crippen molar-refractivity contribution in [1.29, 1.82) is 0 Å². The maximum atomic E-state index is 14.1. The first-order valence-electron chi connectivity index (χ1n) is 15.1. The van der Waals surface area contributed by atoms with Gasteiger partial charge in [-0.15, -0.1) is 0 Å². The van der Waals surface area contributed by atoms with Gasteiger partial charge in [0.25, 0.3) is 0 Å². The highest BCUT2D eigenvalue weighted by atomic mass is 19.1. The van der Waals surface area contributed by atoms with E-state index in [0.29, 0.717) is 68.6 Å². The highest BCUT2D eigenvalue weighted by Crippen LogP contribution is 2.36. The van der Waals surface area contributed by atoms with Crippen LogP contribution in [-0.2, 0) is 22.6 Å². The molecule has 2 N–H and O–H groups in total. The van der Waals surface area contributed by atoms with Crippen molar-refractivity contribution in [2.75, 3.05) is 50.9 Å². The maximum Gasteiger partial charge on any atom is 0.407 e. The summed E-state index contributed by atoms with van der Waals surface area (Å²) in [4.78, 5) is 38.6. The average molecular weight is 598 g/mol. The zero-order valence-corrected chi connectivity index (χ0v) is 24.7. The molecule has 3 fully saturated rings. The Bertz CT molecular complexity index is 1330. The van der Waals surface area contributed by atoms with E-state index in [2.05, 4.69) is 14.8 Å². The molecule has 1 aromatic carbocycles. The van der Waals surface area contributed by atoms with E-state index in [1.807, 2.05) is 19.9 Å². The van der Waals surface area contributed by atoms with Gasteiger partial charge in [0, 0.05) is 43.8 Å². The molecule has 2 bridgehead atoms. The van der Waals surface area contributed by atoms with Crippen molar-refractivity contribution < 1.29 is 33.7 Å². The Balaban J connectivity index is 1.25. The van der Waals surface area contributed by atoms with Crippen LogP contribution in [0.1, 0.15) is 43.5 Å². The second-order valence-corrected chi connectivity index (χ2v) is 12.3. The molecule has 0 radical (unpaired) electrons. The smallest absolute Gasteiger partial charge is 0.407 e. The number of benzene rings is 1. The van der Waals surface area contributed by atoms with Crippen molar-refractivity contribution in [3.8, 4) is 5.88 Å². The Hall–Kier alpha value is -3.32. The molecule has 1 aromatic heterocycles. The molecule has 0 spiro atoms. The van der Waals surface area contributed by atoms with Gasteiger partial charge >= 0.3 is 6.09 Å². The van der Waals surface area contributed by atoms with Crippen molar-refractivity contribution in [3.63, 3.8) is 0 Å². The summed E-state index contributed by atoms with van der Waals surface area (Å²) in [6, 6.07) is 8.01. The van der Waals surface area contributed by atoms with Crippen molar-refractivity contribution in [2.24, 2.45) is 0 Å². The third kappa shape index (κ3) is 6.06. The average Bonchev–Trinajstić information content (AvgIpc) is 3.18. The molecule has 2 aromatic rings. The molecule has 5 heterocycles. The van der Waals surface area contributed by atoms with E-state index in [9.17, 15) is 24.2 Å². The number of nitrogens with zero attached hydrogens (tertiary/aromatic N) is 5. The van der Waals surface area contributed by atoms with Gasteiger partial charge in [0.2, 0.25) is 11.8 Å². The monoisotopic (exact) mass is 597 g/mol. The number of fused-ring (bicyclic) bond motifs is 3. The second kappa shape index (κ2) is 12.4.